The molecule has 0 aliphatic carbocycles. The summed E-state index contributed by atoms with van der Waals surface area (Å²) in [6, 6.07) is 11.8. The van der Waals surface area contributed by atoms with E-state index in [-0.39, 0.29) is 11.4 Å². The predicted molar refractivity (Wildman–Crippen MR) is 72.3 cm³/mol. The van der Waals surface area contributed by atoms with Gasteiger partial charge in [-0.15, -0.1) is 0 Å². The highest BCUT2D eigenvalue weighted by Crippen LogP contribution is 2.32. The van der Waals surface area contributed by atoms with Gasteiger partial charge in [-0.1, -0.05) is 0 Å². The Bertz CT molecular complexity index is 693. The number of nitro groups is 1. The summed E-state index contributed by atoms with van der Waals surface area (Å²) in [5, 5.41) is 19.7. The highest BCUT2D eigenvalue weighted by Gasteiger charge is 2.18. The van der Waals surface area contributed by atoms with Gasteiger partial charge in [0.05, 0.1) is 16.6 Å². The van der Waals surface area contributed by atoms with Crippen LogP contribution in [0, 0.1) is 27.3 Å². The molecule has 0 aliphatic heterocycles. The summed E-state index contributed by atoms with van der Waals surface area (Å²) in [5.74, 6) is -0.550. The van der Waals surface area contributed by atoms with E-state index in [0.29, 0.717) is 11.3 Å². The molecule has 0 saturated heterocycles. The smallest absolute Gasteiger partial charge is 0.293 e. The third-order valence-electron chi connectivity index (χ3n) is 2.88. The molecule has 0 atom stereocenters. The van der Waals surface area contributed by atoms with Crippen molar-refractivity contribution in [3.63, 3.8) is 0 Å². The van der Waals surface area contributed by atoms with E-state index in [1.54, 1.807) is 31.3 Å². The van der Waals surface area contributed by atoms with Crippen molar-refractivity contribution in [3.05, 3.63) is 64.0 Å². The molecule has 0 aromatic heterocycles. The fraction of sp³-hybridized carbons (Fsp3) is 0.0714. The molecule has 5 nitrogen and oxygen atoms in total. The summed E-state index contributed by atoms with van der Waals surface area (Å²) in [6.45, 7) is 0. The average Bonchev–Trinajstić information content (AvgIpc) is 2.46. The molecule has 2 aromatic rings. The molecular weight excluding hydrogens is 261 g/mol. The van der Waals surface area contributed by atoms with Crippen molar-refractivity contribution in [1.29, 1.82) is 5.26 Å². The Hall–Kier alpha value is -2.94. The van der Waals surface area contributed by atoms with Crippen molar-refractivity contribution in [2.75, 3.05) is 11.9 Å². The van der Waals surface area contributed by atoms with E-state index in [1.807, 2.05) is 6.07 Å². The first kappa shape index (κ1) is 13.5. The van der Waals surface area contributed by atoms with Gasteiger partial charge in [0.2, 0.25) is 0 Å². The molecule has 2 rings (SSSR count). The zero-order chi connectivity index (χ0) is 14.7. The second kappa shape index (κ2) is 5.36. The normalized spacial score (nSPS) is 9.85. The van der Waals surface area contributed by atoms with E-state index in [2.05, 4.69) is 0 Å². The molecule has 0 bridgehead atoms. The van der Waals surface area contributed by atoms with Gasteiger partial charge in [0, 0.05) is 24.9 Å². The van der Waals surface area contributed by atoms with Crippen molar-refractivity contribution in [2.45, 2.75) is 0 Å². The number of nitrogens with zero attached hydrogens (tertiary/aromatic N) is 3. The van der Waals surface area contributed by atoms with Gasteiger partial charge >= 0.3 is 0 Å². The summed E-state index contributed by atoms with van der Waals surface area (Å²) < 4.78 is 13.3. The van der Waals surface area contributed by atoms with Gasteiger partial charge in [0.25, 0.3) is 5.69 Å². The van der Waals surface area contributed by atoms with Crippen LogP contribution in [0.1, 0.15) is 5.56 Å². The molecule has 0 fully saturated rings. The Kier molecular flexibility index (Phi) is 3.62. The maximum atomic E-state index is 13.3. The standard InChI is InChI=1S/C14H10FN3O2/c1-17(12-5-2-10(9-16)3-6-12)14-8-11(15)4-7-13(14)18(19)20/h2-8H,1H3. The molecular formula is C14H10FN3O2. The topological polar surface area (TPSA) is 70.2 Å². The van der Waals surface area contributed by atoms with Crippen LogP contribution in [0.2, 0.25) is 0 Å². The van der Waals surface area contributed by atoms with Crippen LogP contribution in [0.25, 0.3) is 0 Å². The Morgan fingerprint density at radius 3 is 2.45 bits per heavy atom. The largest absolute Gasteiger partial charge is 0.339 e. The quantitative estimate of drug-likeness (QED) is 0.633. The van der Waals surface area contributed by atoms with Crippen molar-refractivity contribution < 1.29 is 9.31 Å². The number of anilines is 2. The second-order valence-corrected chi connectivity index (χ2v) is 4.11. The molecule has 0 saturated carbocycles. The minimum Gasteiger partial charge on any atom is -0.339 e. The molecule has 0 radical (unpaired) electrons. The Balaban J connectivity index is 2.46. The van der Waals surface area contributed by atoms with Crippen LogP contribution in [-0.2, 0) is 0 Å². The van der Waals surface area contributed by atoms with Crippen molar-refractivity contribution in [3.8, 4) is 6.07 Å². The molecule has 100 valence electrons. The Labute approximate surface area is 114 Å². The first-order valence-electron chi connectivity index (χ1n) is 5.71. The zero-order valence-electron chi connectivity index (χ0n) is 10.6. The van der Waals surface area contributed by atoms with E-state index in [0.717, 1.165) is 18.2 Å². The minimum absolute atomic E-state index is 0.153. The van der Waals surface area contributed by atoms with Gasteiger partial charge in [-0.2, -0.15) is 5.26 Å². The number of hydrogen-bond donors (Lipinski definition) is 0. The number of halogens is 1. The summed E-state index contributed by atoms with van der Waals surface area (Å²) in [6.07, 6.45) is 0. The molecule has 0 spiro atoms. The molecule has 6 heteroatoms. The van der Waals surface area contributed by atoms with E-state index in [1.165, 1.54) is 4.90 Å². The summed E-state index contributed by atoms with van der Waals surface area (Å²) in [7, 11) is 1.60. The Morgan fingerprint density at radius 2 is 1.90 bits per heavy atom. The number of hydrogen-bond acceptors (Lipinski definition) is 4. The monoisotopic (exact) mass is 271 g/mol. The highest BCUT2D eigenvalue weighted by atomic mass is 19.1. The van der Waals surface area contributed by atoms with Gasteiger partial charge in [0.15, 0.2) is 0 Å². The van der Waals surface area contributed by atoms with E-state index >= 15 is 0 Å². The van der Waals surface area contributed by atoms with E-state index < -0.39 is 10.7 Å². The van der Waals surface area contributed by atoms with Crippen molar-refractivity contribution in [2.24, 2.45) is 0 Å². The van der Waals surface area contributed by atoms with Crippen LogP contribution in [0.15, 0.2) is 42.5 Å². The SMILES string of the molecule is CN(c1ccc(C#N)cc1)c1cc(F)ccc1[N+](=O)[O-]. The van der Waals surface area contributed by atoms with Crippen molar-refractivity contribution in [1.82, 2.24) is 0 Å². The predicted octanol–water partition coefficient (Wildman–Crippen LogP) is 3.37. The fourth-order valence-electron chi connectivity index (χ4n) is 1.82. The van der Waals surface area contributed by atoms with Crippen molar-refractivity contribution >= 4 is 17.1 Å². The van der Waals surface area contributed by atoms with Crippen LogP contribution in [0.4, 0.5) is 21.5 Å². The molecule has 0 amide bonds. The summed E-state index contributed by atoms with van der Waals surface area (Å²) >= 11 is 0. The molecule has 20 heavy (non-hydrogen) atoms. The number of benzene rings is 2. The van der Waals surface area contributed by atoms with Gasteiger partial charge in [-0.05, 0) is 30.3 Å². The van der Waals surface area contributed by atoms with Gasteiger partial charge < -0.3 is 4.90 Å². The first-order valence-corrected chi connectivity index (χ1v) is 5.71. The minimum atomic E-state index is -0.561. The number of nitriles is 1. The van der Waals surface area contributed by atoms with E-state index in [9.17, 15) is 14.5 Å². The highest BCUT2D eigenvalue weighted by molar-refractivity contribution is 5.71. The van der Waals surface area contributed by atoms with Crippen LogP contribution in [-0.4, -0.2) is 12.0 Å². The number of rotatable bonds is 3. The van der Waals surface area contributed by atoms with Gasteiger partial charge in [-0.25, -0.2) is 4.39 Å². The fourth-order valence-corrected chi connectivity index (χ4v) is 1.82. The van der Waals surface area contributed by atoms with Gasteiger partial charge in [0.1, 0.15) is 11.5 Å². The van der Waals surface area contributed by atoms with Crippen LogP contribution in [0.3, 0.4) is 0 Å². The molecule has 0 heterocycles. The molecule has 2 aromatic carbocycles. The first-order chi connectivity index (χ1) is 9.52. The van der Waals surface area contributed by atoms with E-state index in [4.69, 9.17) is 5.26 Å². The third-order valence-corrected chi connectivity index (χ3v) is 2.88. The van der Waals surface area contributed by atoms with Crippen LogP contribution < -0.4 is 4.90 Å². The average molecular weight is 271 g/mol. The lowest BCUT2D eigenvalue weighted by atomic mass is 10.2. The molecule has 0 aliphatic rings. The third kappa shape index (κ3) is 2.57. The summed E-state index contributed by atoms with van der Waals surface area (Å²) in [5.41, 5.74) is 1.08. The van der Waals surface area contributed by atoms with Crippen LogP contribution in [0.5, 0.6) is 0 Å². The maximum absolute atomic E-state index is 13.3. The lowest BCUT2D eigenvalue weighted by molar-refractivity contribution is -0.384. The molecule has 0 N–H and O–H groups in total. The lowest BCUT2D eigenvalue weighted by Gasteiger charge is -2.19. The molecule has 0 unspecified atom stereocenters. The number of nitro benzene ring substituents is 1. The summed E-state index contributed by atoms with van der Waals surface area (Å²) in [4.78, 5) is 11.9. The zero-order valence-corrected chi connectivity index (χ0v) is 10.6. The lowest BCUT2D eigenvalue weighted by Crippen LogP contribution is -2.11. The van der Waals surface area contributed by atoms with Gasteiger partial charge in [-0.3, -0.25) is 10.1 Å². The second-order valence-electron chi connectivity index (χ2n) is 4.11. The maximum Gasteiger partial charge on any atom is 0.293 e. The van der Waals surface area contributed by atoms with Crippen LogP contribution >= 0.6 is 0 Å². The Morgan fingerprint density at radius 1 is 1.25 bits per heavy atom.